The zero-order valence-electron chi connectivity index (χ0n) is 6.62. The Morgan fingerprint density at radius 1 is 1.58 bits per heavy atom. The lowest BCUT2D eigenvalue weighted by molar-refractivity contribution is 0.101. The third kappa shape index (κ3) is 1.70. The van der Waals surface area contributed by atoms with E-state index in [1.165, 1.54) is 18.7 Å². The standard InChI is InChI=1S/C6H7N3O2S/c1-3(10)4-5(11)7-6(12-2)9-8-4/h1-2H3,(H,7,9,11). The van der Waals surface area contributed by atoms with Gasteiger partial charge < -0.3 is 0 Å². The molecule has 1 N–H and O–H groups in total. The van der Waals surface area contributed by atoms with Crippen LogP contribution in [0.4, 0.5) is 0 Å². The van der Waals surface area contributed by atoms with Crippen molar-refractivity contribution >= 4 is 17.5 Å². The summed E-state index contributed by atoms with van der Waals surface area (Å²) in [5.74, 6) is -0.378. The molecule has 0 fully saturated rings. The largest absolute Gasteiger partial charge is 0.303 e. The molecule has 0 spiro atoms. The molecule has 0 aliphatic heterocycles. The number of H-pyrrole nitrogens is 1. The van der Waals surface area contributed by atoms with Crippen molar-refractivity contribution in [3.8, 4) is 0 Å². The van der Waals surface area contributed by atoms with Crippen LogP contribution in [0.15, 0.2) is 9.95 Å². The highest BCUT2D eigenvalue weighted by Gasteiger charge is 2.08. The predicted molar refractivity (Wildman–Crippen MR) is 44.4 cm³/mol. The molecular formula is C6H7N3O2S. The van der Waals surface area contributed by atoms with Crippen LogP contribution >= 0.6 is 11.8 Å². The molecule has 0 saturated carbocycles. The van der Waals surface area contributed by atoms with Gasteiger partial charge in [0.2, 0.25) is 0 Å². The molecule has 1 aromatic rings. The maximum Gasteiger partial charge on any atom is 0.303 e. The maximum absolute atomic E-state index is 11.0. The fraction of sp³-hybridized carbons (Fsp3) is 0.333. The minimum Gasteiger partial charge on any atom is -0.292 e. The Morgan fingerprint density at radius 3 is 2.67 bits per heavy atom. The Bertz CT molecular complexity index is 360. The molecule has 5 nitrogen and oxygen atoms in total. The van der Waals surface area contributed by atoms with E-state index in [-0.39, 0.29) is 11.5 Å². The van der Waals surface area contributed by atoms with Crippen molar-refractivity contribution in [2.75, 3.05) is 6.26 Å². The zero-order chi connectivity index (χ0) is 9.14. The first-order chi connectivity index (χ1) is 5.65. The molecular weight excluding hydrogens is 178 g/mol. The number of aromatic amines is 1. The van der Waals surface area contributed by atoms with Gasteiger partial charge in [0, 0.05) is 6.92 Å². The van der Waals surface area contributed by atoms with Crippen molar-refractivity contribution in [2.24, 2.45) is 0 Å². The quantitative estimate of drug-likeness (QED) is 0.522. The van der Waals surface area contributed by atoms with Crippen LogP contribution in [0.5, 0.6) is 0 Å². The van der Waals surface area contributed by atoms with Crippen molar-refractivity contribution < 1.29 is 4.79 Å². The summed E-state index contributed by atoms with van der Waals surface area (Å²) in [4.78, 5) is 25.3. The molecule has 0 aliphatic rings. The van der Waals surface area contributed by atoms with E-state index < -0.39 is 5.56 Å². The molecule has 6 heteroatoms. The number of carbonyl (C=O) groups is 1. The van der Waals surface area contributed by atoms with Crippen molar-refractivity contribution in [3.05, 3.63) is 16.0 Å². The third-order valence-electron chi connectivity index (χ3n) is 1.20. The fourth-order valence-electron chi connectivity index (χ4n) is 0.642. The Labute approximate surface area is 72.6 Å². The number of nitrogens with one attached hydrogen (secondary N) is 1. The van der Waals surface area contributed by atoms with Gasteiger partial charge in [-0.1, -0.05) is 11.8 Å². The summed E-state index contributed by atoms with van der Waals surface area (Å²) >= 11 is 1.26. The summed E-state index contributed by atoms with van der Waals surface area (Å²) in [6.45, 7) is 1.28. The zero-order valence-corrected chi connectivity index (χ0v) is 7.44. The van der Waals surface area contributed by atoms with Crippen molar-refractivity contribution in [1.29, 1.82) is 0 Å². The Morgan fingerprint density at radius 2 is 2.25 bits per heavy atom. The number of aromatic nitrogens is 3. The smallest absolute Gasteiger partial charge is 0.292 e. The van der Waals surface area contributed by atoms with E-state index in [4.69, 9.17) is 0 Å². The van der Waals surface area contributed by atoms with Crippen LogP contribution in [0.3, 0.4) is 0 Å². The first kappa shape index (κ1) is 8.92. The van der Waals surface area contributed by atoms with Crippen LogP contribution in [-0.4, -0.2) is 27.2 Å². The van der Waals surface area contributed by atoms with E-state index in [0.29, 0.717) is 5.16 Å². The lowest BCUT2D eigenvalue weighted by Gasteiger charge is -1.94. The molecule has 0 saturated heterocycles. The normalized spacial score (nSPS) is 9.83. The van der Waals surface area contributed by atoms with Crippen LogP contribution < -0.4 is 5.56 Å². The Balaban J connectivity index is 3.21. The molecule has 64 valence electrons. The molecule has 1 rings (SSSR count). The van der Waals surface area contributed by atoms with Crippen LogP contribution in [0.1, 0.15) is 17.4 Å². The van der Waals surface area contributed by atoms with Crippen molar-refractivity contribution in [3.63, 3.8) is 0 Å². The number of ketones is 1. The molecule has 0 amide bonds. The van der Waals surface area contributed by atoms with Crippen LogP contribution in [-0.2, 0) is 0 Å². The van der Waals surface area contributed by atoms with Crippen LogP contribution in [0.2, 0.25) is 0 Å². The van der Waals surface area contributed by atoms with Gasteiger partial charge in [-0.2, -0.15) is 10.1 Å². The van der Waals surface area contributed by atoms with E-state index in [1.54, 1.807) is 6.26 Å². The molecule has 12 heavy (non-hydrogen) atoms. The molecule has 0 aromatic carbocycles. The highest BCUT2D eigenvalue weighted by molar-refractivity contribution is 7.98. The SMILES string of the molecule is CSc1nc(=O)c(C(C)=O)n[nH]1. The number of Topliss-reactive ketones (excluding diaryl/α,β-unsaturated/α-hetero) is 1. The minimum atomic E-state index is -0.578. The molecule has 0 atom stereocenters. The summed E-state index contributed by atoms with van der Waals surface area (Å²) < 4.78 is 0. The van der Waals surface area contributed by atoms with Gasteiger partial charge in [-0.3, -0.25) is 14.7 Å². The van der Waals surface area contributed by atoms with Gasteiger partial charge in [-0.05, 0) is 6.26 Å². The summed E-state index contributed by atoms with van der Waals surface area (Å²) in [6, 6.07) is 0. The summed E-state index contributed by atoms with van der Waals surface area (Å²) in [7, 11) is 0. The van der Waals surface area contributed by atoms with E-state index in [9.17, 15) is 9.59 Å². The second kappa shape index (κ2) is 3.48. The van der Waals surface area contributed by atoms with Gasteiger partial charge in [-0.25, -0.2) is 0 Å². The number of carbonyl (C=O) groups excluding carboxylic acids is 1. The summed E-state index contributed by atoms with van der Waals surface area (Å²) in [5, 5.41) is 6.48. The maximum atomic E-state index is 11.0. The van der Waals surface area contributed by atoms with Crippen LogP contribution in [0.25, 0.3) is 0 Å². The highest BCUT2D eigenvalue weighted by Crippen LogP contribution is 2.02. The third-order valence-corrected chi connectivity index (χ3v) is 1.77. The minimum absolute atomic E-state index is 0.146. The molecule has 1 aromatic heterocycles. The second-order valence-electron chi connectivity index (χ2n) is 2.05. The Kier molecular flexibility index (Phi) is 2.59. The van der Waals surface area contributed by atoms with E-state index in [1.807, 2.05) is 0 Å². The number of thioether (sulfide) groups is 1. The van der Waals surface area contributed by atoms with E-state index in [0.717, 1.165) is 0 Å². The summed E-state index contributed by atoms with van der Waals surface area (Å²) in [5.41, 5.74) is -0.724. The lowest BCUT2D eigenvalue weighted by Crippen LogP contribution is -2.20. The van der Waals surface area contributed by atoms with Gasteiger partial charge in [0.25, 0.3) is 0 Å². The van der Waals surface area contributed by atoms with Crippen molar-refractivity contribution in [2.45, 2.75) is 12.1 Å². The van der Waals surface area contributed by atoms with Gasteiger partial charge in [-0.15, -0.1) is 0 Å². The number of rotatable bonds is 2. The topological polar surface area (TPSA) is 75.7 Å². The first-order valence-electron chi connectivity index (χ1n) is 3.17. The molecule has 0 unspecified atom stereocenters. The molecule has 0 aliphatic carbocycles. The Hall–Kier alpha value is -1.17. The van der Waals surface area contributed by atoms with Gasteiger partial charge in [0.15, 0.2) is 16.6 Å². The summed E-state index contributed by atoms with van der Waals surface area (Å²) in [6.07, 6.45) is 1.76. The number of nitrogens with zero attached hydrogens (tertiary/aromatic N) is 2. The second-order valence-corrected chi connectivity index (χ2v) is 2.85. The highest BCUT2D eigenvalue weighted by atomic mass is 32.2. The van der Waals surface area contributed by atoms with Gasteiger partial charge >= 0.3 is 5.56 Å². The molecule has 0 bridgehead atoms. The average molecular weight is 185 g/mol. The van der Waals surface area contributed by atoms with E-state index in [2.05, 4.69) is 15.2 Å². The lowest BCUT2D eigenvalue weighted by atomic mass is 10.3. The fourth-order valence-corrected chi connectivity index (χ4v) is 0.953. The molecule has 1 heterocycles. The average Bonchev–Trinajstić information content (AvgIpc) is 2.03. The van der Waals surface area contributed by atoms with Crippen molar-refractivity contribution in [1.82, 2.24) is 15.2 Å². The molecule has 0 radical (unpaired) electrons. The van der Waals surface area contributed by atoms with Gasteiger partial charge in [0.05, 0.1) is 0 Å². The number of hydrogen-bond acceptors (Lipinski definition) is 5. The van der Waals surface area contributed by atoms with E-state index >= 15 is 0 Å². The van der Waals surface area contributed by atoms with Crippen LogP contribution in [0, 0.1) is 0 Å². The van der Waals surface area contributed by atoms with Gasteiger partial charge in [0.1, 0.15) is 0 Å². The first-order valence-corrected chi connectivity index (χ1v) is 4.39. The predicted octanol–water partition coefficient (Wildman–Crippen LogP) is 0.0894. The monoisotopic (exact) mass is 185 g/mol. The number of hydrogen-bond donors (Lipinski definition) is 1.